The number of hydrogen-bond acceptors (Lipinski definition) is 3. The molecule has 0 radical (unpaired) electrons. The van der Waals surface area contributed by atoms with Crippen molar-refractivity contribution in [2.45, 2.75) is 48.0 Å². The van der Waals surface area contributed by atoms with Crippen LogP contribution in [0.5, 0.6) is 11.5 Å². The Bertz CT molecular complexity index is 536. The Hall–Kier alpha value is -0.483. The molecule has 0 aromatic heterocycles. The molecule has 0 N–H and O–H groups in total. The second-order valence-corrected chi connectivity index (χ2v) is 8.56. The van der Waals surface area contributed by atoms with Crippen molar-refractivity contribution in [3.8, 4) is 11.5 Å². The van der Waals surface area contributed by atoms with Crippen LogP contribution in [0, 0.1) is 25.2 Å². The molecule has 24 heavy (non-hydrogen) atoms. The van der Waals surface area contributed by atoms with Crippen LogP contribution in [-0.2, 0) is 0 Å². The fourth-order valence-electron chi connectivity index (χ4n) is 3.10. The van der Waals surface area contributed by atoms with Gasteiger partial charge in [-0.05, 0) is 42.9 Å². The Balaban J connectivity index is 0.00000529. The normalized spacial score (nSPS) is 12.8. The summed E-state index contributed by atoms with van der Waals surface area (Å²) in [5.74, 6) is 1.77. The summed E-state index contributed by atoms with van der Waals surface area (Å²) in [6.07, 6.45) is 1.96. The summed E-state index contributed by atoms with van der Waals surface area (Å²) in [6.45, 7) is 12.8. The number of benzene rings is 1. The fourth-order valence-corrected chi connectivity index (χ4v) is 4.07. The molecule has 1 aromatic carbocycles. The Kier molecular flexibility index (Phi) is 9.66. The molecule has 1 rings (SSSR count). The Morgan fingerprint density at radius 3 is 1.96 bits per heavy atom. The van der Waals surface area contributed by atoms with Crippen LogP contribution in [0.1, 0.15) is 55.6 Å². The van der Waals surface area contributed by atoms with Crippen molar-refractivity contribution >= 4 is 14.1 Å². The van der Waals surface area contributed by atoms with E-state index in [-0.39, 0.29) is 29.8 Å². The van der Waals surface area contributed by atoms with Crippen LogP contribution in [-0.4, -0.2) is 25.9 Å². The zero-order chi connectivity index (χ0) is 17.8. The first kappa shape index (κ1) is 23.5. The van der Waals surface area contributed by atoms with Crippen molar-refractivity contribution in [2.75, 3.05) is 20.4 Å². The van der Waals surface area contributed by atoms with E-state index in [1.807, 2.05) is 19.9 Å². The van der Waals surface area contributed by atoms with Gasteiger partial charge in [-0.2, -0.15) is 6.16 Å². The van der Waals surface area contributed by atoms with Crippen LogP contribution in [0.3, 0.4) is 0 Å². The zero-order valence-corrected chi connectivity index (χ0v) is 17.6. The average molecular weight is 344 g/mol. The molecule has 0 saturated carbocycles. The van der Waals surface area contributed by atoms with E-state index < -0.39 is 0 Å². The third-order valence-corrected chi connectivity index (χ3v) is 5.05. The van der Waals surface area contributed by atoms with E-state index in [4.69, 9.17) is 9.47 Å². The topological polar surface area (TPSA) is 35.5 Å². The second kappa shape index (κ2) is 9.86. The minimum Gasteiger partial charge on any atom is -0.496 e. The first-order chi connectivity index (χ1) is 10.6. The van der Waals surface area contributed by atoms with Gasteiger partial charge in [0.05, 0.1) is 19.8 Å². The quantitative estimate of drug-likeness (QED) is 0.563. The van der Waals surface area contributed by atoms with Gasteiger partial charge in [0.25, 0.3) is 0 Å². The molecular weight excluding hydrogens is 314 g/mol. The monoisotopic (exact) mass is 344 g/mol. The summed E-state index contributed by atoms with van der Waals surface area (Å²) in [6, 6.07) is 1.99. The molecule has 1 aromatic rings. The van der Waals surface area contributed by atoms with Gasteiger partial charge in [0.1, 0.15) is 11.5 Å². The van der Waals surface area contributed by atoms with Crippen LogP contribution in [0.25, 0.3) is 0 Å². The summed E-state index contributed by atoms with van der Waals surface area (Å²) < 4.78 is 11.0. The summed E-state index contributed by atoms with van der Waals surface area (Å²) in [7, 11) is 4.01. The predicted octanol–water partition coefficient (Wildman–Crippen LogP) is 2.48. The number of methoxy groups -OCH3 is 2. The SMILES string of the molecule is COc1c(C)cc(C)c(OC)c1C(=O)[P-]CC(C)CC(C)(C)C.[Li+]. The van der Waals surface area contributed by atoms with E-state index >= 15 is 0 Å². The van der Waals surface area contributed by atoms with Crippen molar-refractivity contribution in [2.24, 2.45) is 11.3 Å². The van der Waals surface area contributed by atoms with E-state index in [1.54, 1.807) is 14.2 Å². The van der Waals surface area contributed by atoms with E-state index in [0.717, 1.165) is 32.3 Å². The van der Waals surface area contributed by atoms with Crippen LogP contribution >= 0.6 is 8.58 Å². The van der Waals surface area contributed by atoms with E-state index in [2.05, 4.69) is 27.7 Å². The molecule has 3 nitrogen and oxygen atoms in total. The molecule has 130 valence electrons. The smallest absolute Gasteiger partial charge is 0.496 e. The maximum Gasteiger partial charge on any atom is 1.00 e. The number of ether oxygens (including phenoxy) is 2. The molecule has 0 aliphatic rings. The van der Waals surface area contributed by atoms with Gasteiger partial charge >= 0.3 is 18.9 Å². The first-order valence-corrected chi connectivity index (χ1v) is 9.12. The van der Waals surface area contributed by atoms with Gasteiger partial charge in [0.15, 0.2) is 0 Å². The maximum atomic E-state index is 12.8. The molecule has 0 amide bonds. The standard InChI is InChI=1S/C19H30O3P.Li/c1-12(10-19(4,5)6)11-23-18(20)15-16(21-7)13(2)9-14(3)17(15)22-8;/h9,12H,10-11H2,1-8H3;/q-1;+1. The molecule has 0 bridgehead atoms. The third kappa shape index (κ3) is 6.44. The molecule has 0 heterocycles. The average Bonchev–Trinajstić information content (AvgIpc) is 2.42. The number of rotatable bonds is 7. The van der Waals surface area contributed by atoms with Crippen molar-refractivity contribution in [1.82, 2.24) is 0 Å². The summed E-state index contributed by atoms with van der Waals surface area (Å²) in [5.41, 5.74) is 2.87. The van der Waals surface area contributed by atoms with Crippen molar-refractivity contribution in [3.63, 3.8) is 0 Å². The van der Waals surface area contributed by atoms with Gasteiger partial charge in [-0.3, -0.25) is 0 Å². The van der Waals surface area contributed by atoms with Gasteiger partial charge in [0.2, 0.25) is 0 Å². The molecular formula is C19H30LiO3P. The second-order valence-electron chi connectivity index (χ2n) is 7.47. The molecule has 1 unspecified atom stereocenters. The minimum absolute atomic E-state index is 0. The predicted molar refractivity (Wildman–Crippen MR) is 98.4 cm³/mol. The first-order valence-electron chi connectivity index (χ1n) is 8.04. The van der Waals surface area contributed by atoms with Crippen LogP contribution in [0.2, 0.25) is 0 Å². The third-order valence-electron chi connectivity index (χ3n) is 3.73. The molecule has 0 fully saturated rings. The number of carbonyl (C=O) groups excluding carboxylic acids is 1. The molecule has 0 aliphatic carbocycles. The van der Waals surface area contributed by atoms with E-state index in [1.165, 1.54) is 0 Å². The summed E-state index contributed by atoms with van der Waals surface area (Å²) in [4.78, 5) is 12.8. The summed E-state index contributed by atoms with van der Waals surface area (Å²) in [5, 5.41) is 0. The van der Waals surface area contributed by atoms with Crippen LogP contribution < -0.4 is 28.3 Å². The molecule has 0 aliphatic heterocycles. The molecule has 0 saturated heterocycles. The minimum atomic E-state index is 0. The maximum absolute atomic E-state index is 12.8. The van der Waals surface area contributed by atoms with Gasteiger partial charge < -0.3 is 22.8 Å². The van der Waals surface area contributed by atoms with Crippen LogP contribution in [0.15, 0.2) is 6.07 Å². The molecule has 5 heteroatoms. The van der Waals surface area contributed by atoms with Gasteiger partial charge in [-0.1, -0.05) is 33.6 Å². The van der Waals surface area contributed by atoms with Gasteiger partial charge in [-0.15, -0.1) is 0 Å². The fraction of sp³-hybridized carbons (Fsp3) is 0.632. The Morgan fingerprint density at radius 1 is 1.12 bits per heavy atom. The molecule has 0 spiro atoms. The van der Waals surface area contributed by atoms with Crippen molar-refractivity contribution in [3.05, 3.63) is 22.8 Å². The largest absolute Gasteiger partial charge is 1.00 e. The number of carbonyl (C=O) groups is 1. The van der Waals surface area contributed by atoms with Crippen molar-refractivity contribution < 1.29 is 33.1 Å². The zero-order valence-electron chi connectivity index (χ0n) is 16.7. The van der Waals surface area contributed by atoms with E-state index in [0.29, 0.717) is 23.0 Å². The Morgan fingerprint density at radius 2 is 1.58 bits per heavy atom. The molecule has 1 atom stereocenters. The van der Waals surface area contributed by atoms with Gasteiger partial charge in [0, 0.05) is 5.52 Å². The number of hydrogen-bond donors (Lipinski definition) is 0. The number of aryl methyl sites for hydroxylation is 2. The Labute approximate surface area is 161 Å². The van der Waals surface area contributed by atoms with Crippen LogP contribution in [0.4, 0.5) is 0 Å². The van der Waals surface area contributed by atoms with E-state index in [9.17, 15) is 4.79 Å². The van der Waals surface area contributed by atoms with Gasteiger partial charge in [-0.25, -0.2) is 0 Å². The van der Waals surface area contributed by atoms with Crippen molar-refractivity contribution in [1.29, 1.82) is 0 Å². The summed E-state index contributed by atoms with van der Waals surface area (Å²) >= 11 is 0.